The van der Waals surface area contributed by atoms with Crippen LogP contribution in [-0.2, 0) is 4.79 Å². The average molecular weight is 251 g/mol. The maximum absolute atomic E-state index is 11.3. The van der Waals surface area contributed by atoms with E-state index in [9.17, 15) is 9.59 Å². The van der Waals surface area contributed by atoms with Crippen LogP contribution in [0.3, 0.4) is 0 Å². The fraction of sp³-hybridized carbons (Fsp3) is 0.333. The molecule has 1 aromatic carbocycles. The molecule has 0 heterocycles. The number of nitrogen functional groups attached to an aromatic ring is 1. The molecule has 0 saturated heterocycles. The van der Waals surface area contributed by atoms with Crippen LogP contribution in [-0.4, -0.2) is 30.1 Å². The molecule has 6 nitrogen and oxygen atoms in total. The van der Waals surface area contributed by atoms with Gasteiger partial charge >= 0.3 is 5.97 Å². The minimum atomic E-state index is -1.04. The number of likely N-dealkylation sites (N-methyl/N-ethyl adjacent to an activating group) is 1. The van der Waals surface area contributed by atoms with E-state index in [0.717, 1.165) is 0 Å². The molecule has 1 aromatic rings. The molecule has 0 saturated carbocycles. The first-order chi connectivity index (χ1) is 8.38. The molecule has 0 fully saturated rings. The molecule has 0 aliphatic heterocycles. The summed E-state index contributed by atoms with van der Waals surface area (Å²) < 4.78 is 0. The number of hydrogen-bond donors (Lipinski definition) is 3. The molecule has 98 valence electrons. The summed E-state index contributed by atoms with van der Waals surface area (Å²) in [6.45, 7) is 1.84. The lowest BCUT2D eigenvalue weighted by atomic mass is 10.1. The second-order valence-corrected chi connectivity index (χ2v) is 4.02. The molecule has 0 spiro atoms. The smallest absolute Gasteiger partial charge is 0.335 e. The highest BCUT2D eigenvalue weighted by molar-refractivity contribution is 5.91. The van der Waals surface area contributed by atoms with Crippen molar-refractivity contribution in [2.24, 2.45) is 5.73 Å². The van der Waals surface area contributed by atoms with Crippen molar-refractivity contribution < 1.29 is 14.7 Å². The van der Waals surface area contributed by atoms with Crippen molar-refractivity contribution in [2.45, 2.75) is 19.4 Å². The molecular formula is C12H17N3O3. The van der Waals surface area contributed by atoms with E-state index in [2.05, 4.69) is 0 Å². The number of carbonyl (C=O) groups is 2. The summed E-state index contributed by atoms with van der Waals surface area (Å²) in [5.74, 6) is -1.49. The Balaban J connectivity index is 3.10. The predicted molar refractivity (Wildman–Crippen MR) is 69.5 cm³/mol. The van der Waals surface area contributed by atoms with Gasteiger partial charge < -0.3 is 21.5 Å². The summed E-state index contributed by atoms with van der Waals surface area (Å²) in [4.78, 5) is 23.7. The van der Waals surface area contributed by atoms with E-state index in [0.29, 0.717) is 17.8 Å². The van der Waals surface area contributed by atoms with Crippen LogP contribution in [0.15, 0.2) is 18.2 Å². The lowest BCUT2D eigenvalue weighted by Crippen LogP contribution is -2.42. The topological polar surface area (TPSA) is 110 Å². The van der Waals surface area contributed by atoms with Gasteiger partial charge in [0.2, 0.25) is 5.91 Å². The number of aromatic carboxylic acids is 1. The summed E-state index contributed by atoms with van der Waals surface area (Å²) in [5, 5.41) is 8.84. The van der Waals surface area contributed by atoms with Gasteiger partial charge in [0.25, 0.3) is 0 Å². The standard InChI is InChI=1S/C12H17N3O3/c1-3-9(11(14)16)15(2)10-5-4-7(12(17)18)6-8(10)13/h4-6,9H,3,13H2,1-2H3,(H2,14,16)(H,17,18). The molecule has 1 rings (SSSR count). The SMILES string of the molecule is CCC(C(N)=O)N(C)c1ccc(C(=O)O)cc1N. The highest BCUT2D eigenvalue weighted by Crippen LogP contribution is 2.25. The van der Waals surface area contributed by atoms with Crippen LogP contribution < -0.4 is 16.4 Å². The van der Waals surface area contributed by atoms with Crippen molar-refractivity contribution in [3.8, 4) is 0 Å². The van der Waals surface area contributed by atoms with E-state index < -0.39 is 17.9 Å². The zero-order valence-corrected chi connectivity index (χ0v) is 10.4. The highest BCUT2D eigenvalue weighted by atomic mass is 16.4. The Kier molecular flexibility index (Phi) is 4.14. The summed E-state index contributed by atoms with van der Waals surface area (Å²) >= 11 is 0. The minimum Gasteiger partial charge on any atom is -0.478 e. The van der Waals surface area contributed by atoms with Crippen LogP contribution in [0, 0.1) is 0 Å². The third kappa shape index (κ3) is 2.71. The molecule has 0 radical (unpaired) electrons. The molecule has 1 atom stereocenters. The summed E-state index contributed by atoms with van der Waals surface area (Å²) in [7, 11) is 1.70. The van der Waals surface area contributed by atoms with Crippen molar-refractivity contribution in [2.75, 3.05) is 17.7 Å². The number of nitrogens with two attached hydrogens (primary N) is 2. The first-order valence-corrected chi connectivity index (χ1v) is 5.53. The number of anilines is 2. The van der Waals surface area contributed by atoms with E-state index in [1.54, 1.807) is 18.0 Å². The Morgan fingerprint density at radius 3 is 2.44 bits per heavy atom. The number of rotatable bonds is 5. The summed E-state index contributed by atoms with van der Waals surface area (Å²) in [6.07, 6.45) is 0.548. The van der Waals surface area contributed by atoms with E-state index in [1.165, 1.54) is 12.1 Å². The maximum Gasteiger partial charge on any atom is 0.335 e. The van der Waals surface area contributed by atoms with Gasteiger partial charge in [0.1, 0.15) is 6.04 Å². The Hall–Kier alpha value is -2.24. The second kappa shape index (κ2) is 5.39. The van der Waals surface area contributed by atoms with Crippen LogP contribution >= 0.6 is 0 Å². The molecule has 0 aliphatic carbocycles. The normalized spacial score (nSPS) is 11.9. The Bertz CT molecular complexity index is 474. The van der Waals surface area contributed by atoms with E-state index in [-0.39, 0.29) is 5.56 Å². The van der Waals surface area contributed by atoms with E-state index in [1.807, 2.05) is 6.92 Å². The lowest BCUT2D eigenvalue weighted by molar-refractivity contribution is -0.119. The van der Waals surface area contributed by atoms with Gasteiger partial charge in [-0.15, -0.1) is 0 Å². The van der Waals surface area contributed by atoms with Gasteiger partial charge in [0.05, 0.1) is 16.9 Å². The fourth-order valence-corrected chi connectivity index (χ4v) is 1.84. The van der Waals surface area contributed by atoms with Crippen LogP contribution in [0.5, 0.6) is 0 Å². The van der Waals surface area contributed by atoms with Crippen molar-refractivity contribution >= 4 is 23.3 Å². The van der Waals surface area contributed by atoms with E-state index in [4.69, 9.17) is 16.6 Å². The first kappa shape index (κ1) is 13.8. The highest BCUT2D eigenvalue weighted by Gasteiger charge is 2.20. The Morgan fingerprint density at radius 2 is 2.06 bits per heavy atom. The molecule has 0 bridgehead atoms. The number of benzene rings is 1. The van der Waals surface area contributed by atoms with Crippen LogP contribution in [0.25, 0.3) is 0 Å². The van der Waals surface area contributed by atoms with Crippen molar-refractivity contribution in [3.63, 3.8) is 0 Å². The number of primary amides is 1. The van der Waals surface area contributed by atoms with Crippen molar-refractivity contribution in [1.82, 2.24) is 0 Å². The lowest BCUT2D eigenvalue weighted by Gasteiger charge is -2.27. The van der Waals surface area contributed by atoms with Gasteiger partial charge in [0, 0.05) is 7.05 Å². The monoisotopic (exact) mass is 251 g/mol. The zero-order chi connectivity index (χ0) is 13.9. The van der Waals surface area contributed by atoms with Gasteiger partial charge in [-0.1, -0.05) is 6.92 Å². The fourth-order valence-electron chi connectivity index (χ4n) is 1.84. The molecule has 5 N–H and O–H groups in total. The largest absolute Gasteiger partial charge is 0.478 e. The van der Waals surface area contributed by atoms with E-state index >= 15 is 0 Å². The maximum atomic E-state index is 11.3. The number of carboxylic acids is 1. The van der Waals surface area contributed by atoms with Gasteiger partial charge in [-0.2, -0.15) is 0 Å². The molecule has 6 heteroatoms. The molecule has 18 heavy (non-hydrogen) atoms. The summed E-state index contributed by atoms with van der Waals surface area (Å²) in [5.41, 5.74) is 12.1. The van der Waals surface area contributed by atoms with Gasteiger partial charge in [-0.3, -0.25) is 4.79 Å². The molecule has 1 amide bonds. The average Bonchev–Trinajstić information content (AvgIpc) is 2.28. The van der Waals surface area contributed by atoms with Gasteiger partial charge in [0.15, 0.2) is 0 Å². The predicted octanol–water partition coefficient (Wildman–Crippen LogP) is 0.667. The van der Waals surface area contributed by atoms with Crippen LogP contribution in [0.1, 0.15) is 23.7 Å². The molecule has 0 aromatic heterocycles. The van der Waals surface area contributed by atoms with Crippen molar-refractivity contribution in [3.05, 3.63) is 23.8 Å². The van der Waals surface area contributed by atoms with Crippen molar-refractivity contribution in [1.29, 1.82) is 0 Å². The number of amides is 1. The Morgan fingerprint density at radius 1 is 1.44 bits per heavy atom. The van der Waals surface area contributed by atoms with Crippen LogP contribution in [0.4, 0.5) is 11.4 Å². The van der Waals surface area contributed by atoms with Gasteiger partial charge in [-0.25, -0.2) is 4.79 Å². The number of carboxylic acid groups (broad SMARTS) is 1. The quantitative estimate of drug-likeness (QED) is 0.666. The number of carbonyl (C=O) groups excluding carboxylic acids is 1. The molecule has 1 unspecified atom stereocenters. The summed E-state index contributed by atoms with van der Waals surface area (Å²) in [6, 6.07) is 3.91. The first-order valence-electron chi connectivity index (χ1n) is 5.53. The molecular weight excluding hydrogens is 234 g/mol. The number of nitrogens with zero attached hydrogens (tertiary/aromatic N) is 1. The second-order valence-electron chi connectivity index (χ2n) is 4.02. The zero-order valence-electron chi connectivity index (χ0n) is 10.4. The molecule has 0 aliphatic rings. The van der Waals surface area contributed by atoms with Gasteiger partial charge in [-0.05, 0) is 24.6 Å². The third-order valence-corrected chi connectivity index (χ3v) is 2.84. The minimum absolute atomic E-state index is 0.108. The number of hydrogen-bond acceptors (Lipinski definition) is 4. The Labute approximate surface area is 105 Å². The van der Waals surface area contributed by atoms with Crippen LogP contribution in [0.2, 0.25) is 0 Å². The third-order valence-electron chi connectivity index (χ3n) is 2.84.